The maximum atomic E-state index is 10.7. The molecule has 0 bridgehead atoms. The fourth-order valence-corrected chi connectivity index (χ4v) is 2.59. The molecule has 118 valence electrons. The molecule has 4 rings (SSSR count). The molecule has 0 aliphatic rings. The van der Waals surface area contributed by atoms with Crippen LogP contribution in [0.1, 0.15) is 0 Å². The number of pyridine rings is 1. The van der Waals surface area contributed by atoms with Crippen molar-refractivity contribution in [1.82, 2.24) is 9.97 Å². The molecule has 2 aromatic carbocycles. The Morgan fingerprint density at radius 3 is 2.54 bits per heavy atom. The maximum absolute atomic E-state index is 10.7. The Morgan fingerprint density at radius 1 is 0.958 bits per heavy atom. The lowest BCUT2D eigenvalue weighted by atomic mass is 10.2. The van der Waals surface area contributed by atoms with Gasteiger partial charge in [0, 0.05) is 22.4 Å². The van der Waals surface area contributed by atoms with E-state index in [1.807, 2.05) is 48.5 Å². The minimum atomic E-state index is -1.39. The number of carbonyl (C=O) groups is 1. The molecule has 0 unspecified atom stereocenters. The molecule has 2 heterocycles. The Bertz CT molecular complexity index is 1040. The summed E-state index contributed by atoms with van der Waals surface area (Å²) in [6.45, 7) is 0. The van der Waals surface area contributed by atoms with Gasteiger partial charge in [0.1, 0.15) is 11.5 Å². The number of nitrogens with one attached hydrogen (secondary N) is 1. The van der Waals surface area contributed by atoms with Crippen LogP contribution in [0.15, 0.2) is 60.8 Å². The number of H-pyrrole nitrogens is 1. The van der Waals surface area contributed by atoms with Crippen molar-refractivity contribution in [1.29, 1.82) is 0 Å². The molecule has 6 nitrogen and oxygen atoms in total. The van der Waals surface area contributed by atoms with Crippen molar-refractivity contribution in [2.75, 3.05) is 0 Å². The predicted molar refractivity (Wildman–Crippen MR) is 88.8 cm³/mol. The van der Waals surface area contributed by atoms with Gasteiger partial charge >= 0.3 is 6.16 Å². The van der Waals surface area contributed by atoms with Crippen LogP contribution in [-0.2, 0) is 0 Å². The highest BCUT2D eigenvalue weighted by Gasteiger charge is 2.10. The van der Waals surface area contributed by atoms with Gasteiger partial charge in [0.05, 0.1) is 11.7 Å². The first-order valence-electron chi connectivity index (χ1n) is 7.24. The molecule has 6 heteroatoms. The van der Waals surface area contributed by atoms with Crippen molar-refractivity contribution in [3.8, 4) is 17.4 Å². The summed E-state index contributed by atoms with van der Waals surface area (Å²) in [5.41, 5.74) is 1.69. The van der Waals surface area contributed by atoms with Gasteiger partial charge in [-0.25, -0.2) is 9.78 Å². The van der Waals surface area contributed by atoms with Crippen molar-refractivity contribution < 1.29 is 19.4 Å². The highest BCUT2D eigenvalue weighted by molar-refractivity contribution is 6.07. The summed E-state index contributed by atoms with van der Waals surface area (Å²) in [6.07, 6.45) is 0.153. The van der Waals surface area contributed by atoms with Gasteiger partial charge in [-0.15, -0.1) is 0 Å². The number of benzene rings is 2. The normalized spacial score (nSPS) is 10.8. The Kier molecular flexibility index (Phi) is 3.28. The van der Waals surface area contributed by atoms with Crippen molar-refractivity contribution in [2.24, 2.45) is 0 Å². The van der Waals surface area contributed by atoms with Crippen molar-refractivity contribution in [3.63, 3.8) is 0 Å². The van der Waals surface area contributed by atoms with E-state index >= 15 is 0 Å². The zero-order valence-electron chi connectivity index (χ0n) is 12.4. The van der Waals surface area contributed by atoms with Crippen LogP contribution in [-0.4, -0.2) is 21.2 Å². The summed E-state index contributed by atoms with van der Waals surface area (Å²) in [6, 6.07) is 16.7. The molecule has 0 fully saturated rings. The zero-order valence-corrected chi connectivity index (χ0v) is 12.4. The van der Waals surface area contributed by atoms with Crippen LogP contribution in [0.4, 0.5) is 4.79 Å². The monoisotopic (exact) mass is 320 g/mol. The fourth-order valence-electron chi connectivity index (χ4n) is 2.59. The van der Waals surface area contributed by atoms with Crippen LogP contribution in [0.3, 0.4) is 0 Å². The second-order valence-electron chi connectivity index (χ2n) is 5.18. The van der Waals surface area contributed by atoms with Crippen LogP contribution < -0.4 is 9.47 Å². The number of para-hydroxylation sites is 1. The quantitative estimate of drug-likeness (QED) is 0.540. The number of hydrogen-bond donors (Lipinski definition) is 2. The highest BCUT2D eigenvalue weighted by atomic mass is 16.7. The van der Waals surface area contributed by atoms with Gasteiger partial charge in [-0.2, -0.15) is 0 Å². The predicted octanol–water partition coefficient (Wildman–Crippen LogP) is 4.57. The fraction of sp³-hybridized carbons (Fsp3) is 0. The number of fused-ring (bicyclic) bond motifs is 3. The molecule has 4 aromatic rings. The summed E-state index contributed by atoms with van der Waals surface area (Å²) in [7, 11) is 0. The maximum Gasteiger partial charge on any atom is 0.512 e. The summed E-state index contributed by atoms with van der Waals surface area (Å²) in [5.74, 6) is 1.46. The number of ether oxygens (including phenoxy) is 2. The van der Waals surface area contributed by atoms with Gasteiger partial charge in [-0.3, -0.25) is 0 Å². The molecule has 0 aliphatic carbocycles. The number of hydrogen-bond acceptors (Lipinski definition) is 4. The second kappa shape index (κ2) is 5.58. The average Bonchev–Trinajstić information content (AvgIpc) is 2.93. The van der Waals surface area contributed by atoms with Crippen molar-refractivity contribution in [3.05, 3.63) is 60.8 Å². The van der Waals surface area contributed by atoms with Gasteiger partial charge in [0.15, 0.2) is 0 Å². The Hall–Kier alpha value is -3.54. The smallest absolute Gasteiger partial charge is 0.457 e. The summed E-state index contributed by atoms with van der Waals surface area (Å²) < 4.78 is 10.5. The van der Waals surface area contributed by atoms with E-state index in [0.717, 1.165) is 27.6 Å². The lowest BCUT2D eigenvalue weighted by Gasteiger charge is -2.05. The van der Waals surface area contributed by atoms with E-state index < -0.39 is 6.16 Å². The molecule has 24 heavy (non-hydrogen) atoms. The van der Waals surface area contributed by atoms with Crippen LogP contribution in [0.2, 0.25) is 0 Å². The lowest BCUT2D eigenvalue weighted by Crippen LogP contribution is -2.03. The first kappa shape index (κ1) is 14.1. The third-order valence-electron chi connectivity index (χ3n) is 3.60. The van der Waals surface area contributed by atoms with E-state index in [0.29, 0.717) is 5.75 Å². The molecule has 0 radical (unpaired) electrons. The van der Waals surface area contributed by atoms with Gasteiger partial charge in [-0.1, -0.05) is 18.2 Å². The number of rotatable bonds is 3. The molecule has 2 aromatic heterocycles. The van der Waals surface area contributed by atoms with E-state index in [9.17, 15) is 4.79 Å². The second-order valence-corrected chi connectivity index (χ2v) is 5.18. The largest absolute Gasteiger partial charge is 0.512 e. The molecule has 0 aliphatic heterocycles. The zero-order chi connectivity index (χ0) is 16.5. The van der Waals surface area contributed by atoms with Crippen LogP contribution in [0.5, 0.6) is 17.4 Å². The molecule has 2 N–H and O–H groups in total. The van der Waals surface area contributed by atoms with Crippen molar-refractivity contribution in [2.45, 2.75) is 0 Å². The SMILES string of the molecule is O=C(O)Oc1cc2c(cn1)[nH]c1ccc(Oc3ccccc3)cc12. The van der Waals surface area contributed by atoms with Gasteiger partial charge in [0.2, 0.25) is 5.88 Å². The van der Waals surface area contributed by atoms with Crippen LogP contribution >= 0.6 is 0 Å². The number of nitrogens with zero attached hydrogens (tertiary/aromatic N) is 1. The molecular formula is C18H12N2O4. The first-order chi connectivity index (χ1) is 11.7. The van der Waals surface area contributed by atoms with Gasteiger partial charge in [-0.05, 0) is 30.3 Å². The van der Waals surface area contributed by atoms with Crippen molar-refractivity contribution >= 4 is 28.0 Å². The Morgan fingerprint density at radius 2 is 1.75 bits per heavy atom. The van der Waals surface area contributed by atoms with E-state index in [2.05, 4.69) is 14.7 Å². The minimum absolute atomic E-state index is 0.0327. The third-order valence-corrected chi connectivity index (χ3v) is 3.60. The average molecular weight is 320 g/mol. The van der Waals surface area contributed by atoms with E-state index in [-0.39, 0.29) is 5.88 Å². The topological polar surface area (TPSA) is 84.4 Å². The molecule has 0 amide bonds. The molecule has 0 saturated heterocycles. The molecule has 0 saturated carbocycles. The first-order valence-corrected chi connectivity index (χ1v) is 7.24. The lowest BCUT2D eigenvalue weighted by molar-refractivity contribution is 0.142. The number of aromatic nitrogens is 2. The summed E-state index contributed by atoms with van der Waals surface area (Å²) >= 11 is 0. The van der Waals surface area contributed by atoms with E-state index in [4.69, 9.17) is 9.84 Å². The Labute approximate surface area is 136 Å². The molecule has 0 atom stereocenters. The number of carboxylic acid groups (broad SMARTS) is 1. The summed E-state index contributed by atoms with van der Waals surface area (Å²) in [4.78, 5) is 17.9. The van der Waals surface area contributed by atoms with Gasteiger partial charge < -0.3 is 19.6 Å². The van der Waals surface area contributed by atoms with Crippen LogP contribution in [0.25, 0.3) is 21.8 Å². The number of aromatic amines is 1. The van der Waals surface area contributed by atoms with E-state index in [1.54, 1.807) is 12.3 Å². The minimum Gasteiger partial charge on any atom is -0.457 e. The third kappa shape index (κ3) is 2.61. The standard InChI is InChI=1S/C18H12N2O4/c21-18(22)24-17-9-14-13-8-12(23-11-4-2-1-3-5-11)6-7-15(13)20-16(14)10-19-17/h1-10,20H,(H,21,22). The van der Waals surface area contributed by atoms with Gasteiger partial charge in [0.25, 0.3) is 0 Å². The Balaban J connectivity index is 1.79. The van der Waals surface area contributed by atoms with E-state index in [1.165, 1.54) is 0 Å². The molecule has 0 spiro atoms. The molecular weight excluding hydrogens is 308 g/mol. The summed E-state index contributed by atoms with van der Waals surface area (Å²) in [5, 5.41) is 10.4. The highest BCUT2D eigenvalue weighted by Crippen LogP contribution is 2.31. The van der Waals surface area contributed by atoms with Crippen LogP contribution in [0, 0.1) is 0 Å².